The van der Waals surface area contributed by atoms with Gasteiger partial charge in [-0.25, -0.2) is 0 Å². The number of anilines is 1. The van der Waals surface area contributed by atoms with E-state index in [2.05, 4.69) is 15.5 Å². The van der Waals surface area contributed by atoms with E-state index in [9.17, 15) is 4.79 Å². The molecule has 0 atom stereocenters. The number of carbonyl (C=O) groups excluding carboxylic acids is 1. The molecule has 4 aromatic rings. The predicted octanol–water partition coefficient (Wildman–Crippen LogP) is 5.08. The number of benzene rings is 3. The van der Waals surface area contributed by atoms with Crippen molar-refractivity contribution in [1.29, 1.82) is 0 Å². The van der Waals surface area contributed by atoms with Crippen LogP contribution in [0, 0.1) is 0 Å². The van der Waals surface area contributed by atoms with Crippen LogP contribution in [0.4, 0.5) is 5.69 Å². The third-order valence-corrected chi connectivity index (χ3v) is 4.98. The number of aromatic nitrogens is 2. The second kappa shape index (κ2) is 8.12. The second-order valence-electron chi connectivity index (χ2n) is 6.79. The summed E-state index contributed by atoms with van der Waals surface area (Å²) in [5, 5.41) is 7.54. The van der Waals surface area contributed by atoms with Gasteiger partial charge in [-0.2, -0.15) is 4.98 Å². The van der Waals surface area contributed by atoms with Gasteiger partial charge in [0.25, 0.3) is 11.8 Å². The Balaban J connectivity index is 1.42. The van der Waals surface area contributed by atoms with Gasteiger partial charge in [0, 0.05) is 22.3 Å². The summed E-state index contributed by atoms with van der Waals surface area (Å²) >= 11 is 5.94. The number of nitrogens with zero attached hydrogens (tertiary/aromatic N) is 2. The average molecular weight is 434 g/mol. The molecule has 0 fully saturated rings. The van der Waals surface area contributed by atoms with Gasteiger partial charge in [-0.05, 0) is 48.5 Å². The number of nitrogens with one attached hydrogen (secondary N) is 1. The monoisotopic (exact) mass is 433 g/mol. The van der Waals surface area contributed by atoms with Crippen LogP contribution in [0.2, 0.25) is 5.02 Å². The van der Waals surface area contributed by atoms with Crippen LogP contribution in [0.5, 0.6) is 11.5 Å². The normalized spacial score (nSPS) is 12.4. The van der Waals surface area contributed by atoms with Crippen molar-refractivity contribution < 1.29 is 18.8 Å². The minimum Gasteiger partial charge on any atom is -0.486 e. The topological polar surface area (TPSA) is 86.5 Å². The minimum atomic E-state index is -0.307. The van der Waals surface area contributed by atoms with Crippen LogP contribution in [0.15, 0.2) is 71.3 Å². The molecule has 7 nitrogen and oxygen atoms in total. The Morgan fingerprint density at radius 2 is 1.71 bits per heavy atom. The summed E-state index contributed by atoms with van der Waals surface area (Å²) in [6.07, 6.45) is 0. The number of hydrogen-bond acceptors (Lipinski definition) is 6. The Labute approximate surface area is 182 Å². The second-order valence-corrected chi connectivity index (χ2v) is 7.22. The first kappa shape index (κ1) is 19.1. The van der Waals surface area contributed by atoms with Crippen LogP contribution in [0.25, 0.3) is 22.8 Å². The molecule has 31 heavy (non-hydrogen) atoms. The maximum atomic E-state index is 13.0. The fourth-order valence-corrected chi connectivity index (χ4v) is 3.36. The summed E-state index contributed by atoms with van der Waals surface area (Å²) < 4.78 is 16.5. The maximum Gasteiger partial charge on any atom is 0.259 e. The van der Waals surface area contributed by atoms with Gasteiger partial charge in [0.2, 0.25) is 5.82 Å². The first-order valence-corrected chi connectivity index (χ1v) is 9.95. The minimum absolute atomic E-state index is 0.248. The summed E-state index contributed by atoms with van der Waals surface area (Å²) in [7, 11) is 0. The van der Waals surface area contributed by atoms with Crippen molar-refractivity contribution in [3.8, 4) is 34.3 Å². The van der Waals surface area contributed by atoms with Crippen molar-refractivity contribution in [2.45, 2.75) is 0 Å². The molecule has 0 aliphatic carbocycles. The molecule has 1 aliphatic heterocycles. The lowest BCUT2D eigenvalue weighted by Gasteiger charge is -2.19. The summed E-state index contributed by atoms with van der Waals surface area (Å²) in [5.74, 6) is 1.61. The number of fused-ring (bicyclic) bond motifs is 1. The molecule has 0 spiro atoms. The molecule has 0 saturated carbocycles. The molecule has 1 aliphatic rings. The molecule has 8 heteroatoms. The number of rotatable bonds is 4. The van der Waals surface area contributed by atoms with E-state index in [1.807, 2.05) is 6.07 Å². The fourth-order valence-electron chi connectivity index (χ4n) is 3.24. The zero-order valence-electron chi connectivity index (χ0n) is 16.2. The van der Waals surface area contributed by atoms with Crippen LogP contribution in [-0.2, 0) is 0 Å². The van der Waals surface area contributed by atoms with E-state index >= 15 is 0 Å². The molecule has 0 unspecified atom stereocenters. The molecule has 1 N–H and O–H groups in total. The third-order valence-electron chi connectivity index (χ3n) is 4.73. The molecule has 2 heterocycles. The zero-order chi connectivity index (χ0) is 21.2. The maximum absolute atomic E-state index is 13.0. The van der Waals surface area contributed by atoms with Gasteiger partial charge in [0.1, 0.15) is 13.2 Å². The van der Waals surface area contributed by atoms with E-state index in [0.29, 0.717) is 52.4 Å². The Morgan fingerprint density at radius 3 is 2.55 bits per heavy atom. The van der Waals surface area contributed by atoms with E-state index in [1.54, 1.807) is 60.7 Å². The lowest BCUT2D eigenvalue weighted by molar-refractivity contribution is 0.102. The van der Waals surface area contributed by atoms with Crippen LogP contribution < -0.4 is 14.8 Å². The van der Waals surface area contributed by atoms with Crippen LogP contribution in [0.3, 0.4) is 0 Å². The van der Waals surface area contributed by atoms with E-state index < -0.39 is 0 Å². The van der Waals surface area contributed by atoms with Crippen LogP contribution in [-0.4, -0.2) is 29.3 Å². The molecular formula is C23H16ClN3O4. The van der Waals surface area contributed by atoms with Crippen LogP contribution >= 0.6 is 11.6 Å². The molecule has 0 radical (unpaired) electrons. The molecule has 0 bridgehead atoms. The number of hydrogen-bond donors (Lipinski definition) is 1. The summed E-state index contributed by atoms with van der Waals surface area (Å²) in [4.78, 5) is 17.5. The van der Waals surface area contributed by atoms with Crippen molar-refractivity contribution in [2.75, 3.05) is 18.5 Å². The highest BCUT2D eigenvalue weighted by atomic mass is 35.5. The molecule has 154 valence electrons. The van der Waals surface area contributed by atoms with Gasteiger partial charge < -0.3 is 19.3 Å². The van der Waals surface area contributed by atoms with E-state index in [4.69, 9.17) is 25.6 Å². The van der Waals surface area contributed by atoms with E-state index in [1.165, 1.54) is 0 Å². The zero-order valence-corrected chi connectivity index (χ0v) is 16.9. The quantitative estimate of drug-likeness (QED) is 0.483. The Kier molecular flexibility index (Phi) is 5.01. The number of amides is 1. The standard InChI is InChI=1S/C23H16ClN3O4/c24-15-7-5-14(6-8-15)21-26-23(31-27-21)18-4-2-1-3-17(18)22(28)25-16-9-10-19-20(13-16)30-12-11-29-19/h1-10,13H,11-12H2,(H,25,28). The van der Waals surface area contributed by atoms with Gasteiger partial charge in [-0.1, -0.05) is 28.9 Å². The highest BCUT2D eigenvalue weighted by molar-refractivity contribution is 6.30. The lowest BCUT2D eigenvalue weighted by Crippen LogP contribution is -2.16. The van der Waals surface area contributed by atoms with Crippen molar-refractivity contribution in [1.82, 2.24) is 10.1 Å². The Morgan fingerprint density at radius 1 is 0.935 bits per heavy atom. The summed E-state index contributed by atoms with van der Waals surface area (Å²) in [6, 6.07) is 19.4. The molecule has 0 saturated heterocycles. The number of ether oxygens (including phenoxy) is 2. The largest absolute Gasteiger partial charge is 0.486 e. The molecule has 3 aromatic carbocycles. The molecular weight excluding hydrogens is 418 g/mol. The highest BCUT2D eigenvalue weighted by Crippen LogP contribution is 2.33. The third kappa shape index (κ3) is 3.95. The van der Waals surface area contributed by atoms with Crippen molar-refractivity contribution >= 4 is 23.2 Å². The smallest absolute Gasteiger partial charge is 0.259 e. The van der Waals surface area contributed by atoms with Crippen molar-refractivity contribution in [2.24, 2.45) is 0 Å². The highest BCUT2D eigenvalue weighted by Gasteiger charge is 2.19. The number of carbonyl (C=O) groups is 1. The first-order chi connectivity index (χ1) is 15.2. The van der Waals surface area contributed by atoms with Gasteiger partial charge in [-0.3, -0.25) is 4.79 Å². The van der Waals surface area contributed by atoms with Gasteiger partial charge in [-0.15, -0.1) is 0 Å². The molecule has 1 amide bonds. The van der Waals surface area contributed by atoms with Crippen molar-refractivity contribution in [3.05, 3.63) is 77.3 Å². The SMILES string of the molecule is O=C(Nc1ccc2c(c1)OCCO2)c1ccccc1-c1nc(-c2ccc(Cl)cc2)no1. The predicted molar refractivity (Wildman–Crippen MR) is 116 cm³/mol. The van der Waals surface area contributed by atoms with E-state index in [-0.39, 0.29) is 11.8 Å². The Hall–Kier alpha value is -3.84. The van der Waals surface area contributed by atoms with Gasteiger partial charge >= 0.3 is 0 Å². The Bertz CT molecular complexity index is 1250. The molecule has 5 rings (SSSR count). The average Bonchev–Trinajstić information content (AvgIpc) is 3.29. The van der Waals surface area contributed by atoms with E-state index in [0.717, 1.165) is 5.56 Å². The summed E-state index contributed by atoms with van der Waals surface area (Å²) in [5.41, 5.74) is 2.29. The first-order valence-electron chi connectivity index (χ1n) is 9.57. The fraction of sp³-hybridized carbons (Fsp3) is 0.0870. The van der Waals surface area contributed by atoms with Crippen molar-refractivity contribution in [3.63, 3.8) is 0 Å². The number of halogens is 1. The van der Waals surface area contributed by atoms with Gasteiger partial charge in [0.15, 0.2) is 11.5 Å². The molecule has 1 aromatic heterocycles. The van der Waals surface area contributed by atoms with Gasteiger partial charge in [0.05, 0.1) is 11.1 Å². The van der Waals surface area contributed by atoms with Crippen LogP contribution in [0.1, 0.15) is 10.4 Å². The summed E-state index contributed by atoms with van der Waals surface area (Å²) in [6.45, 7) is 0.981. The lowest BCUT2D eigenvalue weighted by atomic mass is 10.1.